The second kappa shape index (κ2) is 11.0. The van der Waals surface area contributed by atoms with Crippen molar-refractivity contribution in [2.45, 2.75) is 39.5 Å². The van der Waals surface area contributed by atoms with Gasteiger partial charge in [-0.3, -0.25) is 9.89 Å². The summed E-state index contributed by atoms with van der Waals surface area (Å²) in [4.78, 5) is 7.12. The fourth-order valence-corrected chi connectivity index (χ4v) is 3.02. The van der Waals surface area contributed by atoms with Crippen LogP contribution in [0.5, 0.6) is 0 Å². The van der Waals surface area contributed by atoms with Gasteiger partial charge in [-0.15, -0.1) is 0 Å². The molecule has 0 unspecified atom stereocenters. The first kappa shape index (κ1) is 19.6. The van der Waals surface area contributed by atoms with Crippen LogP contribution < -0.4 is 0 Å². The van der Waals surface area contributed by atoms with E-state index in [4.69, 9.17) is 4.74 Å². The number of aryl methyl sites for hydroxylation is 1. The van der Waals surface area contributed by atoms with Crippen LogP contribution in [-0.4, -0.2) is 44.0 Å². The van der Waals surface area contributed by atoms with E-state index in [0.29, 0.717) is 0 Å². The van der Waals surface area contributed by atoms with Gasteiger partial charge in [0, 0.05) is 19.3 Å². The molecule has 1 heterocycles. The highest BCUT2D eigenvalue weighted by molar-refractivity contribution is 5.84. The molecule has 0 aromatic heterocycles. The van der Waals surface area contributed by atoms with E-state index in [1.54, 1.807) is 0 Å². The van der Waals surface area contributed by atoms with Crippen LogP contribution in [0, 0.1) is 0 Å². The Morgan fingerprint density at radius 1 is 1.28 bits per heavy atom. The Balaban J connectivity index is 1.87. The fourth-order valence-electron chi connectivity index (χ4n) is 3.02. The van der Waals surface area contributed by atoms with Gasteiger partial charge >= 0.3 is 0 Å². The van der Waals surface area contributed by atoms with E-state index in [-0.39, 0.29) is 0 Å². The highest BCUT2D eigenvalue weighted by atomic mass is 16.5. The molecule has 0 amide bonds. The van der Waals surface area contributed by atoms with Crippen LogP contribution in [-0.2, 0) is 11.2 Å². The first-order valence-electron chi connectivity index (χ1n) is 9.54. The summed E-state index contributed by atoms with van der Waals surface area (Å²) in [6, 6.07) is 8.50. The Bertz CT molecular complexity index is 598. The third-order valence-electron chi connectivity index (χ3n) is 4.56. The minimum absolute atomic E-state index is 0.838. The van der Waals surface area contributed by atoms with Gasteiger partial charge in [0.1, 0.15) is 0 Å². The molecule has 0 N–H and O–H groups in total. The number of ether oxygens (including phenoxy) is 1. The van der Waals surface area contributed by atoms with Crippen molar-refractivity contribution in [3.8, 4) is 0 Å². The maximum Gasteiger partial charge on any atom is 0.0630 e. The monoisotopic (exact) mass is 340 g/mol. The number of hydrogen-bond donors (Lipinski definition) is 0. The molecular formula is C22H32N2O. The Kier molecular flexibility index (Phi) is 8.64. The largest absolute Gasteiger partial charge is 0.379 e. The first-order valence-corrected chi connectivity index (χ1v) is 9.54. The molecule has 0 atom stereocenters. The summed E-state index contributed by atoms with van der Waals surface area (Å²) in [7, 11) is 0. The van der Waals surface area contributed by atoms with E-state index in [0.717, 1.165) is 69.8 Å². The number of allylic oxidation sites excluding steroid dienone is 2. The molecule has 136 valence electrons. The average Bonchev–Trinajstić information content (AvgIpc) is 2.66. The number of rotatable bonds is 9. The Hall–Kier alpha value is -1.71. The molecule has 1 aliphatic rings. The highest BCUT2D eigenvalue weighted by Crippen LogP contribution is 2.16. The summed E-state index contributed by atoms with van der Waals surface area (Å²) < 4.78 is 5.41. The molecule has 0 spiro atoms. The zero-order chi connectivity index (χ0) is 17.9. The van der Waals surface area contributed by atoms with Crippen LogP contribution in [0.15, 0.2) is 47.5 Å². The van der Waals surface area contributed by atoms with Gasteiger partial charge in [-0.25, -0.2) is 0 Å². The molecule has 25 heavy (non-hydrogen) atoms. The zero-order valence-electron chi connectivity index (χ0n) is 15.8. The lowest BCUT2D eigenvalue weighted by molar-refractivity contribution is 0.0375. The summed E-state index contributed by atoms with van der Waals surface area (Å²) >= 11 is 0. The molecule has 2 rings (SSSR count). The van der Waals surface area contributed by atoms with Gasteiger partial charge in [0.25, 0.3) is 0 Å². The third-order valence-corrected chi connectivity index (χ3v) is 4.56. The summed E-state index contributed by atoms with van der Waals surface area (Å²) in [5.74, 6) is 0. The van der Waals surface area contributed by atoms with E-state index in [1.807, 2.05) is 6.21 Å². The number of morpholine rings is 1. The second-order valence-corrected chi connectivity index (χ2v) is 6.50. The van der Waals surface area contributed by atoms with Crippen LogP contribution in [0.3, 0.4) is 0 Å². The molecule has 0 radical (unpaired) electrons. The van der Waals surface area contributed by atoms with Crippen LogP contribution in [0.2, 0.25) is 0 Å². The van der Waals surface area contributed by atoms with Crippen LogP contribution >= 0.6 is 0 Å². The topological polar surface area (TPSA) is 24.8 Å². The molecule has 0 bridgehead atoms. The van der Waals surface area contributed by atoms with E-state index < -0.39 is 0 Å². The van der Waals surface area contributed by atoms with Crippen molar-refractivity contribution in [3.63, 3.8) is 0 Å². The van der Waals surface area contributed by atoms with Crippen molar-refractivity contribution in [3.05, 3.63) is 53.6 Å². The molecule has 0 aliphatic carbocycles. The third kappa shape index (κ3) is 6.97. The quantitative estimate of drug-likeness (QED) is 0.607. The van der Waals surface area contributed by atoms with E-state index in [1.165, 1.54) is 11.1 Å². The maximum atomic E-state index is 5.41. The van der Waals surface area contributed by atoms with Crippen molar-refractivity contribution in [1.29, 1.82) is 0 Å². The molecule has 1 aromatic carbocycles. The number of aliphatic imine (C=N–C) groups is 1. The number of nitrogens with zero attached hydrogens (tertiary/aromatic N) is 2. The minimum atomic E-state index is 0.838. The summed E-state index contributed by atoms with van der Waals surface area (Å²) in [6.45, 7) is 13.5. The van der Waals surface area contributed by atoms with Crippen molar-refractivity contribution >= 4 is 11.9 Å². The summed E-state index contributed by atoms with van der Waals surface area (Å²) in [5, 5.41) is 0. The maximum absolute atomic E-state index is 5.41. The predicted molar refractivity (Wildman–Crippen MR) is 108 cm³/mol. The van der Waals surface area contributed by atoms with E-state index >= 15 is 0 Å². The van der Waals surface area contributed by atoms with Gasteiger partial charge in [0.05, 0.1) is 18.9 Å². The standard InChI is InChI=1S/C22H32N2O/c1-4-8-21(10-7-12-24-13-15-25-16-14-24)18-23-19(3)22-11-6-9-20(5-2)17-22/h6,8-9,11,17-18H,3-5,7,10,12-16H2,1-2H3/b21-8-,23-18?. The van der Waals surface area contributed by atoms with Crippen molar-refractivity contribution in [2.75, 3.05) is 32.8 Å². The Labute approximate surface area is 153 Å². The summed E-state index contributed by atoms with van der Waals surface area (Å²) in [6.07, 6.45) is 8.58. The predicted octanol–water partition coefficient (Wildman–Crippen LogP) is 4.74. The normalized spacial score (nSPS) is 16.5. The fraction of sp³-hybridized carbons (Fsp3) is 0.500. The van der Waals surface area contributed by atoms with Crippen LogP contribution in [0.4, 0.5) is 0 Å². The highest BCUT2D eigenvalue weighted by Gasteiger charge is 2.09. The van der Waals surface area contributed by atoms with Crippen molar-refractivity contribution in [1.82, 2.24) is 4.90 Å². The SMILES string of the molecule is C=C(N=C/C(=C\CC)CCCN1CCOCC1)c1cccc(CC)c1. The molecule has 0 saturated carbocycles. The number of hydrogen-bond acceptors (Lipinski definition) is 3. The first-order chi connectivity index (χ1) is 12.2. The lowest BCUT2D eigenvalue weighted by Gasteiger charge is -2.26. The van der Waals surface area contributed by atoms with Crippen molar-refractivity contribution in [2.24, 2.45) is 4.99 Å². The van der Waals surface area contributed by atoms with Crippen molar-refractivity contribution < 1.29 is 4.74 Å². The van der Waals surface area contributed by atoms with Gasteiger partial charge in [0.2, 0.25) is 0 Å². The second-order valence-electron chi connectivity index (χ2n) is 6.50. The molecule has 1 aromatic rings. The molecular weight excluding hydrogens is 308 g/mol. The van der Waals surface area contributed by atoms with Crippen LogP contribution in [0.1, 0.15) is 44.2 Å². The Morgan fingerprint density at radius 3 is 2.80 bits per heavy atom. The lowest BCUT2D eigenvalue weighted by atomic mass is 10.1. The van der Waals surface area contributed by atoms with Gasteiger partial charge < -0.3 is 4.74 Å². The average molecular weight is 341 g/mol. The molecule has 3 nitrogen and oxygen atoms in total. The number of benzene rings is 1. The minimum Gasteiger partial charge on any atom is -0.379 e. The van der Waals surface area contributed by atoms with Crippen LogP contribution in [0.25, 0.3) is 5.70 Å². The zero-order valence-corrected chi connectivity index (χ0v) is 15.8. The van der Waals surface area contributed by atoms with Gasteiger partial charge in [-0.05, 0) is 55.0 Å². The molecule has 1 saturated heterocycles. The molecule has 1 fully saturated rings. The summed E-state index contributed by atoms with van der Waals surface area (Å²) in [5.41, 5.74) is 4.58. The molecule has 1 aliphatic heterocycles. The molecule has 3 heteroatoms. The Morgan fingerprint density at radius 2 is 2.08 bits per heavy atom. The van der Waals surface area contributed by atoms with Gasteiger partial charge in [0.15, 0.2) is 0 Å². The smallest absolute Gasteiger partial charge is 0.0630 e. The van der Waals surface area contributed by atoms with Gasteiger partial charge in [-0.1, -0.05) is 44.7 Å². The van der Waals surface area contributed by atoms with Gasteiger partial charge in [-0.2, -0.15) is 0 Å². The van der Waals surface area contributed by atoms with E-state index in [9.17, 15) is 0 Å². The lowest BCUT2D eigenvalue weighted by Crippen LogP contribution is -2.36. The van der Waals surface area contributed by atoms with E-state index in [2.05, 4.69) is 60.7 Å².